The van der Waals surface area contributed by atoms with E-state index in [0.29, 0.717) is 5.52 Å². The van der Waals surface area contributed by atoms with Gasteiger partial charge in [0.1, 0.15) is 5.52 Å². The molecular weight excluding hydrogens is 245 g/mol. The molecule has 0 saturated carbocycles. The van der Waals surface area contributed by atoms with Crippen molar-refractivity contribution in [3.8, 4) is 6.01 Å². The van der Waals surface area contributed by atoms with Crippen LogP contribution in [0.25, 0.3) is 11.0 Å². The van der Waals surface area contributed by atoms with E-state index in [1.54, 1.807) is 10.6 Å². The fourth-order valence-electron chi connectivity index (χ4n) is 1.97. The van der Waals surface area contributed by atoms with Gasteiger partial charge in [0.25, 0.3) is 6.01 Å². The van der Waals surface area contributed by atoms with E-state index in [0.717, 1.165) is 6.07 Å². The Bertz CT molecular complexity index is 572. The zero-order chi connectivity index (χ0) is 13.5. The van der Waals surface area contributed by atoms with Crippen molar-refractivity contribution >= 4 is 11.0 Å². The lowest BCUT2D eigenvalue weighted by molar-refractivity contribution is -0.136. The SMILES string of the molecule is COc1nc2c(C(F)(F)F)cccc2n1C(C)C. The number of hydrogen-bond donors (Lipinski definition) is 0. The largest absolute Gasteiger partial charge is 0.468 e. The monoisotopic (exact) mass is 258 g/mol. The summed E-state index contributed by atoms with van der Waals surface area (Å²) >= 11 is 0. The third kappa shape index (κ3) is 1.91. The van der Waals surface area contributed by atoms with Gasteiger partial charge in [-0.1, -0.05) is 6.07 Å². The maximum Gasteiger partial charge on any atom is 0.418 e. The van der Waals surface area contributed by atoms with Crippen LogP contribution in [0.2, 0.25) is 0 Å². The number of imidazole rings is 1. The number of rotatable bonds is 2. The molecule has 1 heterocycles. The van der Waals surface area contributed by atoms with Crippen molar-refractivity contribution in [1.29, 1.82) is 0 Å². The summed E-state index contributed by atoms with van der Waals surface area (Å²) in [6, 6.07) is 4.18. The summed E-state index contributed by atoms with van der Waals surface area (Å²) in [4.78, 5) is 3.94. The lowest BCUT2D eigenvalue weighted by Crippen LogP contribution is -2.06. The van der Waals surface area contributed by atoms with E-state index in [-0.39, 0.29) is 17.6 Å². The Labute approximate surface area is 102 Å². The summed E-state index contributed by atoms with van der Waals surface area (Å²) < 4.78 is 45.3. The van der Waals surface area contributed by atoms with Gasteiger partial charge in [0.05, 0.1) is 18.2 Å². The Morgan fingerprint density at radius 3 is 2.44 bits per heavy atom. The van der Waals surface area contributed by atoms with Gasteiger partial charge in [0.2, 0.25) is 0 Å². The maximum absolute atomic E-state index is 12.9. The van der Waals surface area contributed by atoms with Crippen LogP contribution in [0.4, 0.5) is 13.2 Å². The summed E-state index contributed by atoms with van der Waals surface area (Å²) in [6.07, 6.45) is -4.42. The molecule has 3 nitrogen and oxygen atoms in total. The first-order chi connectivity index (χ1) is 8.36. The molecule has 1 aromatic carbocycles. The van der Waals surface area contributed by atoms with Crippen LogP contribution >= 0.6 is 0 Å². The Kier molecular flexibility index (Phi) is 2.96. The molecule has 0 saturated heterocycles. The second-order valence-corrected chi connectivity index (χ2v) is 4.23. The van der Waals surface area contributed by atoms with Crippen molar-refractivity contribution in [2.75, 3.05) is 7.11 Å². The Morgan fingerprint density at radius 2 is 1.94 bits per heavy atom. The molecule has 0 aliphatic rings. The topological polar surface area (TPSA) is 27.1 Å². The molecule has 2 rings (SSSR count). The first-order valence-electron chi connectivity index (χ1n) is 5.48. The molecule has 0 N–H and O–H groups in total. The lowest BCUT2D eigenvalue weighted by Gasteiger charge is -2.11. The average molecular weight is 258 g/mol. The van der Waals surface area contributed by atoms with Gasteiger partial charge in [-0.3, -0.25) is 4.57 Å². The molecule has 0 aliphatic heterocycles. The van der Waals surface area contributed by atoms with Crippen molar-refractivity contribution in [3.63, 3.8) is 0 Å². The number of aromatic nitrogens is 2. The molecule has 0 fully saturated rings. The van der Waals surface area contributed by atoms with Gasteiger partial charge in [-0.2, -0.15) is 18.2 Å². The third-order valence-electron chi connectivity index (χ3n) is 2.69. The number of benzene rings is 1. The van der Waals surface area contributed by atoms with Crippen LogP contribution in [0.3, 0.4) is 0 Å². The second-order valence-electron chi connectivity index (χ2n) is 4.23. The van der Waals surface area contributed by atoms with E-state index in [1.807, 2.05) is 13.8 Å². The molecule has 0 amide bonds. The first kappa shape index (κ1) is 12.7. The molecule has 0 spiro atoms. The highest BCUT2D eigenvalue weighted by Crippen LogP contribution is 2.36. The number of halogens is 3. The molecule has 0 bridgehead atoms. The van der Waals surface area contributed by atoms with Crippen LogP contribution in [0, 0.1) is 0 Å². The Balaban J connectivity index is 2.81. The van der Waals surface area contributed by atoms with Crippen LogP contribution < -0.4 is 4.74 Å². The van der Waals surface area contributed by atoms with Crippen molar-refractivity contribution in [1.82, 2.24) is 9.55 Å². The maximum atomic E-state index is 12.9. The van der Waals surface area contributed by atoms with Gasteiger partial charge in [0.15, 0.2) is 0 Å². The first-order valence-corrected chi connectivity index (χ1v) is 5.48. The van der Waals surface area contributed by atoms with Crippen molar-refractivity contribution in [3.05, 3.63) is 23.8 Å². The van der Waals surface area contributed by atoms with E-state index < -0.39 is 11.7 Å². The van der Waals surface area contributed by atoms with Gasteiger partial charge >= 0.3 is 6.18 Å². The van der Waals surface area contributed by atoms with Crippen molar-refractivity contribution in [2.45, 2.75) is 26.1 Å². The normalized spacial score (nSPS) is 12.4. The van der Waals surface area contributed by atoms with E-state index in [1.165, 1.54) is 13.2 Å². The van der Waals surface area contributed by atoms with E-state index >= 15 is 0 Å². The standard InChI is InChI=1S/C12H13F3N2O/c1-7(2)17-9-6-4-5-8(12(13,14)15)10(9)16-11(17)18-3/h4-7H,1-3H3. The molecule has 0 atom stereocenters. The van der Waals surface area contributed by atoms with E-state index in [2.05, 4.69) is 4.98 Å². The summed E-state index contributed by atoms with van der Waals surface area (Å²) in [5.74, 6) is 0. The minimum absolute atomic E-state index is 0.0339. The number of ether oxygens (including phenoxy) is 1. The Morgan fingerprint density at radius 1 is 1.28 bits per heavy atom. The van der Waals surface area contributed by atoms with Crippen molar-refractivity contribution < 1.29 is 17.9 Å². The number of alkyl halides is 3. The average Bonchev–Trinajstić information content (AvgIpc) is 2.65. The molecule has 0 aliphatic carbocycles. The molecule has 98 valence electrons. The Hall–Kier alpha value is -1.72. The van der Waals surface area contributed by atoms with Crippen LogP contribution in [0.1, 0.15) is 25.5 Å². The van der Waals surface area contributed by atoms with Crippen LogP contribution in [0.15, 0.2) is 18.2 Å². The number of methoxy groups -OCH3 is 1. The minimum Gasteiger partial charge on any atom is -0.468 e. The highest BCUT2D eigenvalue weighted by atomic mass is 19.4. The fourth-order valence-corrected chi connectivity index (χ4v) is 1.97. The zero-order valence-electron chi connectivity index (χ0n) is 10.2. The predicted molar refractivity (Wildman–Crippen MR) is 61.7 cm³/mol. The number of nitrogens with zero attached hydrogens (tertiary/aromatic N) is 2. The quantitative estimate of drug-likeness (QED) is 0.822. The zero-order valence-corrected chi connectivity index (χ0v) is 10.2. The number of fused-ring (bicyclic) bond motifs is 1. The van der Waals surface area contributed by atoms with Crippen LogP contribution in [0.5, 0.6) is 6.01 Å². The van der Waals surface area contributed by atoms with Crippen LogP contribution in [-0.2, 0) is 6.18 Å². The molecule has 2 aromatic rings. The number of hydrogen-bond acceptors (Lipinski definition) is 2. The summed E-state index contributed by atoms with van der Waals surface area (Å²) in [5, 5.41) is 0. The van der Waals surface area contributed by atoms with Gasteiger partial charge in [-0.15, -0.1) is 0 Å². The van der Waals surface area contributed by atoms with Crippen molar-refractivity contribution in [2.24, 2.45) is 0 Å². The molecule has 0 unspecified atom stereocenters. The van der Waals surface area contributed by atoms with E-state index in [4.69, 9.17) is 4.74 Å². The summed E-state index contributed by atoms with van der Waals surface area (Å²) in [6.45, 7) is 3.73. The van der Waals surface area contributed by atoms with Gasteiger partial charge in [-0.05, 0) is 26.0 Å². The highest BCUT2D eigenvalue weighted by molar-refractivity contribution is 5.81. The lowest BCUT2D eigenvalue weighted by atomic mass is 10.1. The third-order valence-corrected chi connectivity index (χ3v) is 2.69. The highest BCUT2D eigenvalue weighted by Gasteiger charge is 2.34. The van der Waals surface area contributed by atoms with Crippen LogP contribution in [-0.4, -0.2) is 16.7 Å². The van der Waals surface area contributed by atoms with Gasteiger partial charge in [0, 0.05) is 6.04 Å². The molecule has 0 radical (unpaired) electrons. The molecule has 18 heavy (non-hydrogen) atoms. The van der Waals surface area contributed by atoms with Gasteiger partial charge in [-0.25, -0.2) is 0 Å². The van der Waals surface area contributed by atoms with Gasteiger partial charge < -0.3 is 4.74 Å². The summed E-state index contributed by atoms with van der Waals surface area (Å²) in [7, 11) is 1.40. The molecular formula is C12H13F3N2O. The molecule has 1 aromatic heterocycles. The summed E-state index contributed by atoms with van der Waals surface area (Å²) in [5.41, 5.74) is -0.384. The second kappa shape index (κ2) is 4.19. The molecule has 6 heteroatoms. The number of para-hydroxylation sites is 1. The predicted octanol–water partition coefficient (Wildman–Crippen LogP) is 3.64. The smallest absolute Gasteiger partial charge is 0.418 e. The fraction of sp³-hybridized carbons (Fsp3) is 0.417. The van der Waals surface area contributed by atoms with E-state index in [9.17, 15) is 13.2 Å². The minimum atomic E-state index is -4.42.